The highest BCUT2D eigenvalue weighted by molar-refractivity contribution is 6.30. The van der Waals surface area contributed by atoms with Crippen LogP contribution in [-0.2, 0) is 11.2 Å². The fourth-order valence-electron chi connectivity index (χ4n) is 5.20. The number of pyridine rings is 1. The summed E-state index contributed by atoms with van der Waals surface area (Å²) in [5, 5.41) is 14.1. The van der Waals surface area contributed by atoms with E-state index in [-0.39, 0.29) is 18.4 Å². The van der Waals surface area contributed by atoms with Crippen molar-refractivity contribution in [3.8, 4) is 22.8 Å². The molecule has 40 heavy (non-hydrogen) atoms. The van der Waals surface area contributed by atoms with E-state index in [9.17, 15) is 14.7 Å². The number of hydrogen-bond donors (Lipinski definition) is 1. The third kappa shape index (κ3) is 4.88. The number of anilines is 1. The first kappa shape index (κ1) is 27.2. The van der Waals surface area contributed by atoms with E-state index in [4.69, 9.17) is 21.1 Å². The topological polar surface area (TPSA) is 107 Å². The van der Waals surface area contributed by atoms with Crippen LogP contribution in [0.15, 0.2) is 54.7 Å². The normalized spacial score (nSPS) is 14.8. The number of ether oxygens (including phenoxy) is 2. The molecule has 206 valence electrons. The maximum Gasteiger partial charge on any atom is 0.432 e. The summed E-state index contributed by atoms with van der Waals surface area (Å²) in [4.78, 5) is 31.6. The molecule has 0 bridgehead atoms. The van der Waals surface area contributed by atoms with E-state index < -0.39 is 12.1 Å². The van der Waals surface area contributed by atoms with E-state index >= 15 is 0 Å². The molecule has 0 saturated carbocycles. The fraction of sp³-hybridized carbons (Fsp3) is 0.267. The van der Waals surface area contributed by atoms with Gasteiger partial charge >= 0.3 is 6.09 Å². The predicted molar refractivity (Wildman–Crippen MR) is 152 cm³/mol. The van der Waals surface area contributed by atoms with Gasteiger partial charge in [0, 0.05) is 10.6 Å². The summed E-state index contributed by atoms with van der Waals surface area (Å²) in [6, 6.07) is 14.4. The third-order valence-electron chi connectivity index (χ3n) is 6.89. The summed E-state index contributed by atoms with van der Waals surface area (Å²) < 4.78 is 12.6. The van der Waals surface area contributed by atoms with Crippen molar-refractivity contribution in [2.75, 3.05) is 12.0 Å². The van der Waals surface area contributed by atoms with E-state index in [1.807, 2.05) is 44.2 Å². The summed E-state index contributed by atoms with van der Waals surface area (Å²) in [6.45, 7) is 7.32. The lowest BCUT2D eigenvalue weighted by Gasteiger charge is -2.38. The molecule has 0 saturated heterocycles. The number of nitrogens with zero attached hydrogens (tertiary/aromatic N) is 4. The van der Waals surface area contributed by atoms with Crippen LogP contribution in [0.1, 0.15) is 48.0 Å². The van der Waals surface area contributed by atoms with Crippen molar-refractivity contribution in [2.24, 2.45) is 0 Å². The Labute approximate surface area is 236 Å². The van der Waals surface area contributed by atoms with Crippen molar-refractivity contribution in [3.05, 3.63) is 87.8 Å². The second kappa shape index (κ2) is 10.7. The van der Waals surface area contributed by atoms with Gasteiger partial charge in [-0.25, -0.2) is 4.79 Å². The van der Waals surface area contributed by atoms with Crippen LogP contribution in [0.25, 0.3) is 11.3 Å². The molecule has 1 N–H and O–H groups in total. The Morgan fingerprint density at radius 3 is 2.40 bits per heavy atom. The lowest BCUT2D eigenvalue weighted by atomic mass is 9.87. The molecule has 1 atom stereocenters. The number of aryl methyl sites for hydroxylation is 1. The summed E-state index contributed by atoms with van der Waals surface area (Å²) in [5.41, 5.74) is 5.47. The molecule has 10 heteroatoms. The lowest BCUT2D eigenvalue weighted by molar-refractivity contribution is -0.118. The molecular formula is C30H29ClN4O5. The van der Waals surface area contributed by atoms with Crippen molar-refractivity contribution in [2.45, 2.75) is 46.3 Å². The molecule has 1 amide bonds. The maximum absolute atomic E-state index is 13.7. The van der Waals surface area contributed by atoms with E-state index in [1.165, 1.54) is 0 Å². The lowest BCUT2D eigenvalue weighted by Crippen LogP contribution is -2.41. The van der Waals surface area contributed by atoms with Gasteiger partial charge in [-0.15, -0.1) is 0 Å². The minimum Gasteiger partial charge on any atom is -0.493 e. The number of benzene rings is 2. The molecule has 0 radical (unpaired) electrons. The Balaban J connectivity index is 1.63. The number of carbonyl (C=O) groups excluding carboxylic acids is 1. The molecule has 1 unspecified atom stereocenters. The average molecular weight is 561 g/mol. The average Bonchev–Trinajstić information content (AvgIpc) is 3.22. The Morgan fingerprint density at radius 2 is 1.82 bits per heavy atom. The van der Waals surface area contributed by atoms with Gasteiger partial charge in [-0.1, -0.05) is 23.7 Å². The van der Waals surface area contributed by atoms with Crippen molar-refractivity contribution in [3.63, 3.8) is 0 Å². The van der Waals surface area contributed by atoms with Crippen LogP contribution >= 0.6 is 11.6 Å². The molecule has 2 aromatic carbocycles. The van der Waals surface area contributed by atoms with Gasteiger partial charge in [-0.3, -0.25) is 14.7 Å². The molecule has 5 rings (SSSR count). The Morgan fingerprint density at radius 1 is 1.10 bits per heavy atom. The zero-order valence-corrected chi connectivity index (χ0v) is 23.6. The zero-order valence-electron chi connectivity index (χ0n) is 22.8. The van der Waals surface area contributed by atoms with Gasteiger partial charge in [0.2, 0.25) is 5.91 Å². The van der Waals surface area contributed by atoms with Crippen LogP contribution in [0.4, 0.5) is 10.5 Å². The number of hydrogen-bond acceptors (Lipinski definition) is 6. The van der Waals surface area contributed by atoms with Crippen molar-refractivity contribution >= 4 is 29.3 Å². The Hall–Kier alpha value is -4.37. The number of halogens is 1. The maximum atomic E-state index is 13.7. The van der Waals surface area contributed by atoms with E-state index in [1.54, 1.807) is 50.3 Å². The van der Waals surface area contributed by atoms with Gasteiger partial charge in [0.1, 0.15) is 0 Å². The van der Waals surface area contributed by atoms with Gasteiger partial charge in [-0.2, -0.15) is 9.78 Å². The number of carbonyl (C=O) groups is 2. The summed E-state index contributed by atoms with van der Waals surface area (Å²) >= 11 is 6.21. The highest BCUT2D eigenvalue weighted by Crippen LogP contribution is 2.44. The molecule has 0 spiro atoms. The summed E-state index contributed by atoms with van der Waals surface area (Å²) in [7, 11) is 1.58. The number of methoxy groups -OCH3 is 1. The Bertz CT molecular complexity index is 1600. The number of rotatable bonds is 6. The van der Waals surface area contributed by atoms with E-state index in [0.717, 1.165) is 21.4 Å². The molecule has 0 fully saturated rings. The molecule has 1 aliphatic heterocycles. The molecule has 1 aliphatic rings. The van der Waals surface area contributed by atoms with Gasteiger partial charge in [0.15, 0.2) is 11.5 Å². The second-order valence-corrected chi connectivity index (χ2v) is 10.3. The monoisotopic (exact) mass is 560 g/mol. The van der Waals surface area contributed by atoms with Gasteiger partial charge in [-0.05, 0) is 80.8 Å². The van der Waals surface area contributed by atoms with Crippen LogP contribution in [-0.4, -0.2) is 45.1 Å². The predicted octanol–water partition coefficient (Wildman–Crippen LogP) is 6.22. The SMILES string of the molecule is COc1cc2c(cc1OC(C)C)C(c1ccc(Cl)cc1)N(c1ccc(-c3c(C)nn(C(=O)O)c3C)nc1)C(=O)C2. The van der Waals surface area contributed by atoms with Crippen molar-refractivity contribution < 1.29 is 24.2 Å². The van der Waals surface area contributed by atoms with Crippen molar-refractivity contribution in [1.29, 1.82) is 0 Å². The molecule has 9 nitrogen and oxygen atoms in total. The minimum atomic E-state index is -1.16. The number of carboxylic acid groups (broad SMARTS) is 1. The van der Waals surface area contributed by atoms with E-state index in [2.05, 4.69) is 10.1 Å². The standard InChI is InChI=1S/C30H29ClN4O5/c1-16(2)40-26-14-23-20(12-25(26)39-5)13-27(36)34(29(23)19-6-8-21(31)9-7-19)22-10-11-24(32-15-22)28-17(3)33-35(18(28)4)30(37)38/h6-12,14-16,29H,13H2,1-5H3,(H,37,38). The van der Waals surface area contributed by atoms with Gasteiger partial charge < -0.3 is 14.6 Å². The fourth-order valence-corrected chi connectivity index (χ4v) is 5.33. The highest BCUT2D eigenvalue weighted by Gasteiger charge is 2.36. The Kier molecular flexibility index (Phi) is 7.25. The van der Waals surface area contributed by atoms with Crippen LogP contribution < -0.4 is 14.4 Å². The first-order valence-electron chi connectivity index (χ1n) is 12.8. The summed E-state index contributed by atoms with van der Waals surface area (Å²) in [5.74, 6) is 1.06. The van der Waals surface area contributed by atoms with Crippen LogP contribution in [0.3, 0.4) is 0 Å². The summed E-state index contributed by atoms with van der Waals surface area (Å²) in [6.07, 6.45) is 0.566. The first-order chi connectivity index (χ1) is 19.1. The number of aromatic nitrogens is 3. The van der Waals surface area contributed by atoms with Crippen LogP contribution in [0.5, 0.6) is 11.5 Å². The third-order valence-corrected chi connectivity index (χ3v) is 7.14. The number of amides is 1. The molecule has 0 aliphatic carbocycles. The largest absolute Gasteiger partial charge is 0.493 e. The van der Waals surface area contributed by atoms with Crippen LogP contribution in [0, 0.1) is 13.8 Å². The van der Waals surface area contributed by atoms with Crippen LogP contribution in [0.2, 0.25) is 5.02 Å². The van der Waals surface area contributed by atoms with Gasteiger partial charge in [0.25, 0.3) is 0 Å². The molecule has 2 aromatic heterocycles. The van der Waals surface area contributed by atoms with Crippen molar-refractivity contribution in [1.82, 2.24) is 14.8 Å². The van der Waals surface area contributed by atoms with Gasteiger partial charge in [0.05, 0.1) is 54.6 Å². The van der Waals surface area contributed by atoms with E-state index in [0.29, 0.717) is 44.9 Å². The smallest absolute Gasteiger partial charge is 0.432 e. The second-order valence-electron chi connectivity index (χ2n) is 9.90. The first-order valence-corrected chi connectivity index (χ1v) is 13.2. The number of fused-ring (bicyclic) bond motifs is 1. The zero-order chi connectivity index (χ0) is 28.7. The minimum absolute atomic E-state index is 0.0728. The quantitative estimate of drug-likeness (QED) is 0.298. The molecular weight excluding hydrogens is 532 g/mol. The highest BCUT2D eigenvalue weighted by atomic mass is 35.5. The molecule has 3 heterocycles. The molecule has 4 aromatic rings.